The maximum atomic E-state index is 13.1. The lowest BCUT2D eigenvalue weighted by molar-refractivity contribution is 0.00321. The Morgan fingerprint density at radius 2 is 1.60 bits per heavy atom. The predicted molar refractivity (Wildman–Crippen MR) is 166 cm³/mol. The number of hydrogen-bond donors (Lipinski definition) is 1. The van der Waals surface area contributed by atoms with Crippen molar-refractivity contribution in [3.63, 3.8) is 0 Å². The highest BCUT2D eigenvalue weighted by Gasteiger charge is 2.43. The highest BCUT2D eigenvalue weighted by atomic mass is 16.5. The molecule has 2 atom stereocenters. The van der Waals surface area contributed by atoms with E-state index in [1.165, 1.54) is 14.2 Å². The van der Waals surface area contributed by atoms with E-state index < -0.39 is 11.5 Å². The Balaban J connectivity index is 2.12. The predicted octanol–water partition coefficient (Wildman–Crippen LogP) is 5.67. The van der Waals surface area contributed by atoms with Gasteiger partial charge in [0.2, 0.25) is 23.5 Å². The molecule has 3 heterocycles. The fraction of sp³-hybridized carbons (Fsp3) is 0.394. The first-order valence-electron chi connectivity index (χ1n) is 14.0. The molecular weight excluding hydrogens is 546 g/mol. The molecule has 4 rings (SSSR count). The first kappa shape index (κ1) is 31.5. The first-order valence-corrected chi connectivity index (χ1v) is 14.0. The summed E-state index contributed by atoms with van der Waals surface area (Å²) in [5.41, 5.74) is 2.25. The molecule has 2 unspecified atom stereocenters. The number of nitrogens with zero attached hydrogens (tertiary/aromatic N) is 5. The Labute approximate surface area is 253 Å². The highest BCUT2D eigenvalue weighted by molar-refractivity contribution is 5.84. The van der Waals surface area contributed by atoms with Crippen LogP contribution in [-0.2, 0) is 5.60 Å². The van der Waals surface area contributed by atoms with Gasteiger partial charge in [-0.15, -0.1) is 0 Å². The maximum absolute atomic E-state index is 13.1. The van der Waals surface area contributed by atoms with E-state index in [0.717, 1.165) is 16.6 Å². The monoisotopic (exact) mass is 585 g/mol. The number of aryl methyl sites for hydroxylation is 1. The zero-order valence-electron chi connectivity index (χ0n) is 26.0. The molecule has 0 saturated carbocycles. The van der Waals surface area contributed by atoms with Gasteiger partial charge in [0.1, 0.15) is 5.60 Å². The van der Waals surface area contributed by atoms with Gasteiger partial charge in [0.05, 0.1) is 39.5 Å². The lowest BCUT2D eigenvalue weighted by Crippen LogP contribution is -2.38. The number of aromatic nitrogens is 3. The number of hydrogen-bond acceptors (Lipinski definition) is 9. The fourth-order valence-corrected chi connectivity index (χ4v) is 5.24. The largest absolute Gasteiger partial charge is 0.481 e. The van der Waals surface area contributed by atoms with Crippen molar-refractivity contribution < 1.29 is 24.1 Å². The van der Waals surface area contributed by atoms with Gasteiger partial charge < -0.3 is 29.0 Å². The number of benzene rings is 1. The summed E-state index contributed by atoms with van der Waals surface area (Å²) in [7, 11) is 8.52. The lowest BCUT2D eigenvalue weighted by Gasteiger charge is -2.39. The Bertz CT molecular complexity index is 1610. The minimum atomic E-state index is -1.56. The average molecular weight is 586 g/mol. The molecule has 0 spiro atoms. The number of fused-ring (bicyclic) bond motifs is 1. The minimum Gasteiger partial charge on any atom is -0.481 e. The van der Waals surface area contributed by atoms with Crippen molar-refractivity contribution in [2.75, 3.05) is 42.0 Å². The van der Waals surface area contributed by atoms with Crippen molar-refractivity contribution in [1.29, 1.82) is 0 Å². The lowest BCUT2D eigenvalue weighted by atomic mass is 9.71. The van der Waals surface area contributed by atoms with Gasteiger partial charge >= 0.3 is 0 Å². The molecule has 0 radical (unpaired) electrons. The quantitative estimate of drug-likeness (QED) is 0.211. The topological polar surface area (TPSA) is 103 Å². The molecule has 0 saturated heterocycles. The van der Waals surface area contributed by atoms with Gasteiger partial charge in [-0.25, -0.2) is 14.8 Å². The normalized spacial score (nSPS) is 13.4. The van der Waals surface area contributed by atoms with Crippen LogP contribution < -0.4 is 18.9 Å². The summed E-state index contributed by atoms with van der Waals surface area (Å²) in [6.07, 6.45) is 0.206. The summed E-state index contributed by atoms with van der Waals surface area (Å²) in [4.78, 5) is 19.4. The second kappa shape index (κ2) is 13.2. The van der Waals surface area contributed by atoms with E-state index in [0.29, 0.717) is 58.8 Å². The number of pyridine rings is 3. The third-order valence-corrected chi connectivity index (χ3v) is 7.18. The maximum Gasteiger partial charge on any atom is 0.217 e. The fourth-order valence-electron chi connectivity index (χ4n) is 5.24. The second-order valence-corrected chi connectivity index (χ2v) is 11.0. The molecule has 226 valence electrons. The molecule has 0 aliphatic heterocycles. The molecule has 0 aliphatic carbocycles. The van der Waals surface area contributed by atoms with Crippen molar-refractivity contribution >= 4 is 16.6 Å². The molecule has 10 heteroatoms. The van der Waals surface area contributed by atoms with Crippen LogP contribution in [0.5, 0.6) is 23.5 Å². The number of aliphatic hydroxyl groups is 1. The SMILES string of the molecule is [C-]#[N+]c1ccc2nc(OC)c(C(c3cc(C)nc(OC(C)C)c3)C(O)(CCN(C)C)c3cc(OC)nc(OC)c3)cc2c1. The van der Waals surface area contributed by atoms with E-state index in [-0.39, 0.29) is 6.10 Å². The van der Waals surface area contributed by atoms with Crippen molar-refractivity contribution in [3.8, 4) is 23.5 Å². The third-order valence-electron chi connectivity index (χ3n) is 7.18. The summed E-state index contributed by atoms with van der Waals surface area (Å²) in [5.74, 6) is 0.666. The van der Waals surface area contributed by atoms with Crippen molar-refractivity contribution in [3.05, 3.63) is 82.3 Å². The van der Waals surface area contributed by atoms with Crippen LogP contribution in [0.25, 0.3) is 15.7 Å². The van der Waals surface area contributed by atoms with Crippen LogP contribution >= 0.6 is 0 Å². The second-order valence-electron chi connectivity index (χ2n) is 11.0. The zero-order valence-corrected chi connectivity index (χ0v) is 26.0. The molecular formula is C33H39N5O5. The summed E-state index contributed by atoms with van der Waals surface area (Å²) in [5, 5.41) is 13.9. The molecule has 0 aliphatic rings. The van der Waals surface area contributed by atoms with Crippen LogP contribution in [0.15, 0.2) is 48.5 Å². The zero-order chi connectivity index (χ0) is 31.3. The Morgan fingerprint density at radius 3 is 2.19 bits per heavy atom. The van der Waals surface area contributed by atoms with E-state index in [2.05, 4.69) is 14.8 Å². The van der Waals surface area contributed by atoms with Gasteiger partial charge in [-0.05, 0) is 82.1 Å². The van der Waals surface area contributed by atoms with Crippen molar-refractivity contribution in [2.45, 2.75) is 44.8 Å². The number of methoxy groups -OCH3 is 3. The number of ether oxygens (including phenoxy) is 4. The molecule has 43 heavy (non-hydrogen) atoms. The van der Waals surface area contributed by atoms with Gasteiger partial charge in [0.15, 0.2) is 5.69 Å². The molecule has 0 bridgehead atoms. The van der Waals surface area contributed by atoms with Crippen LogP contribution in [0.3, 0.4) is 0 Å². The van der Waals surface area contributed by atoms with E-state index in [1.807, 2.05) is 58.0 Å². The van der Waals surface area contributed by atoms with Crippen molar-refractivity contribution in [1.82, 2.24) is 19.9 Å². The highest BCUT2D eigenvalue weighted by Crippen LogP contribution is 2.49. The molecule has 1 aromatic carbocycles. The van der Waals surface area contributed by atoms with Gasteiger partial charge in [-0.1, -0.05) is 6.07 Å². The van der Waals surface area contributed by atoms with Gasteiger partial charge in [-0.2, -0.15) is 4.98 Å². The smallest absolute Gasteiger partial charge is 0.217 e. The van der Waals surface area contributed by atoms with Crippen LogP contribution in [-0.4, -0.2) is 73.0 Å². The third kappa shape index (κ3) is 6.96. The first-order chi connectivity index (χ1) is 20.5. The molecule has 1 N–H and O–H groups in total. The van der Waals surface area contributed by atoms with E-state index in [1.54, 1.807) is 37.4 Å². The van der Waals surface area contributed by atoms with Gasteiger partial charge in [-0.3, -0.25) is 0 Å². The van der Waals surface area contributed by atoms with E-state index >= 15 is 0 Å². The van der Waals surface area contributed by atoms with Crippen LogP contribution in [0, 0.1) is 13.5 Å². The average Bonchev–Trinajstić information content (AvgIpc) is 2.98. The van der Waals surface area contributed by atoms with Gasteiger partial charge in [0.25, 0.3) is 0 Å². The van der Waals surface area contributed by atoms with Crippen LogP contribution in [0.2, 0.25) is 0 Å². The summed E-state index contributed by atoms with van der Waals surface area (Å²) in [6, 6.07) is 14.5. The summed E-state index contributed by atoms with van der Waals surface area (Å²) >= 11 is 0. The molecule has 3 aromatic heterocycles. The Morgan fingerprint density at radius 1 is 0.907 bits per heavy atom. The van der Waals surface area contributed by atoms with Gasteiger partial charge in [0, 0.05) is 41.9 Å². The molecule has 4 aromatic rings. The van der Waals surface area contributed by atoms with Crippen molar-refractivity contribution in [2.24, 2.45) is 0 Å². The summed E-state index contributed by atoms with van der Waals surface area (Å²) in [6.45, 7) is 13.9. The summed E-state index contributed by atoms with van der Waals surface area (Å²) < 4.78 is 22.9. The Hall–Kier alpha value is -4.46. The van der Waals surface area contributed by atoms with E-state index in [4.69, 9.17) is 30.5 Å². The molecule has 10 nitrogen and oxygen atoms in total. The number of rotatable bonds is 12. The van der Waals surface area contributed by atoms with E-state index in [9.17, 15) is 5.11 Å². The molecule has 0 fully saturated rings. The van der Waals surface area contributed by atoms with Crippen LogP contribution in [0.1, 0.15) is 48.6 Å². The standard InChI is InChI=1S/C33H39N5O5/c1-20(2)43-30-17-23(14-21(3)35-30)31(26-16-22-15-25(34-4)10-11-27(22)36-32(26)42-9)33(39,12-13-38(5)6)24-18-28(40-7)37-29(19-24)41-8/h10-11,14-20,31,39H,12-13H2,1-3,5-9H3. The minimum absolute atomic E-state index is 0.106. The van der Waals surface area contributed by atoms with Crippen LogP contribution in [0.4, 0.5) is 5.69 Å². The Kier molecular flexibility index (Phi) is 9.69. The molecule has 0 amide bonds.